The summed E-state index contributed by atoms with van der Waals surface area (Å²) in [5.74, 6) is -0.353. The maximum Gasteiger partial charge on any atom is 0.229 e. The number of carbonyl (C=O) groups is 2. The smallest absolute Gasteiger partial charge is 0.229 e. The van der Waals surface area contributed by atoms with Crippen molar-refractivity contribution in [3.05, 3.63) is 71.2 Å². The van der Waals surface area contributed by atoms with E-state index >= 15 is 0 Å². The third kappa shape index (κ3) is 3.88. The first-order valence-corrected chi connectivity index (χ1v) is 9.25. The van der Waals surface area contributed by atoms with Crippen molar-refractivity contribution in [1.82, 2.24) is 9.38 Å². The Morgan fingerprint density at radius 3 is 2.39 bits per heavy atom. The van der Waals surface area contributed by atoms with E-state index < -0.39 is 5.41 Å². The Morgan fingerprint density at radius 1 is 1.07 bits per heavy atom. The van der Waals surface area contributed by atoms with E-state index in [2.05, 4.69) is 10.3 Å². The number of imidazole rings is 1. The number of hydrogen-bond donors (Lipinski definition) is 1. The second kappa shape index (κ2) is 7.43. The summed E-state index contributed by atoms with van der Waals surface area (Å²) in [6.07, 6.45) is 5.11. The van der Waals surface area contributed by atoms with Crippen molar-refractivity contribution >= 4 is 29.1 Å². The molecule has 1 N–H and O–H groups in total. The normalized spacial score (nSPS) is 11.9. The SMILES string of the molecule is Cc1nc2c(NC(=O)C(C)(C)C)c(C(=O)/C=C/c3ccccc3)ccn2c1C. The number of hydrogen-bond acceptors (Lipinski definition) is 3. The lowest BCUT2D eigenvalue weighted by molar-refractivity contribution is -0.123. The third-order valence-electron chi connectivity index (χ3n) is 4.68. The van der Waals surface area contributed by atoms with Crippen LogP contribution in [-0.2, 0) is 4.79 Å². The zero-order valence-corrected chi connectivity index (χ0v) is 16.9. The maximum atomic E-state index is 12.9. The summed E-state index contributed by atoms with van der Waals surface area (Å²) in [4.78, 5) is 30.2. The predicted molar refractivity (Wildman–Crippen MR) is 113 cm³/mol. The molecule has 0 bridgehead atoms. The number of aromatic nitrogens is 2. The quantitative estimate of drug-likeness (QED) is 0.525. The molecule has 28 heavy (non-hydrogen) atoms. The highest BCUT2D eigenvalue weighted by Gasteiger charge is 2.25. The summed E-state index contributed by atoms with van der Waals surface area (Å²) >= 11 is 0. The molecule has 1 aromatic carbocycles. The Balaban J connectivity index is 2.08. The van der Waals surface area contributed by atoms with Crippen molar-refractivity contribution in [1.29, 1.82) is 0 Å². The molecule has 0 aliphatic rings. The number of pyridine rings is 1. The van der Waals surface area contributed by atoms with Crippen LogP contribution in [-0.4, -0.2) is 21.1 Å². The fraction of sp³-hybridized carbons (Fsp3) is 0.261. The first kappa shape index (κ1) is 19.5. The summed E-state index contributed by atoms with van der Waals surface area (Å²) in [6, 6.07) is 11.4. The monoisotopic (exact) mass is 375 g/mol. The lowest BCUT2D eigenvalue weighted by atomic mass is 9.95. The minimum atomic E-state index is -0.594. The Kier molecular flexibility index (Phi) is 5.18. The van der Waals surface area contributed by atoms with Gasteiger partial charge in [-0.2, -0.15) is 0 Å². The molecule has 0 saturated heterocycles. The number of carbonyl (C=O) groups excluding carboxylic acids is 2. The van der Waals surface area contributed by atoms with E-state index in [4.69, 9.17) is 0 Å². The molecule has 2 aromatic heterocycles. The van der Waals surface area contributed by atoms with Gasteiger partial charge in [0, 0.05) is 17.3 Å². The van der Waals surface area contributed by atoms with Gasteiger partial charge in [0.05, 0.1) is 16.9 Å². The van der Waals surface area contributed by atoms with Gasteiger partial charge >= 0.3 is 0 Å². The van der Waals surface area contributed by atoms with Gasteiger partial charge in [0.25, 0.3) is 0 Å². The molecule has 1 amide bonds. The van der Waals surface area contributed by atoms with Crippen LogP contribution in [0.1, 0.15) is 48.1 Å². The van der Waals surface area contributed by atoms with Gasteiger partial charge in [0.1, 0.15) is 0 Å². The lowest BCUT2D eigenvalue weighted by Crippen LogP contribution is -2.28. The highest BCUT2D eigenvalue weighted by Crippen LogP contribution is 2.27. The van der Waals surface area contributed by atoms with Crippen LogP contribution in [0.4, 0.5) is 5.69 Å². The summed E-state index contributed by atoms with van der Waals surface area (Å²) in [5.41, 5.74) is 3.61. The summed E-state index contributed by atoms with van der Waals surface area (Å²) in [6.45, 7) is 9.37. The fourth-order valence-electron chi connectivity index (χ4n) is 2.79. The summed E-state index contributed by atoms with van der Waals surface area (Å²) in [5, 5.41) is 2.94. The Bertz CT molecular complexity index is 1070. The van der Waals surface area contributed by atoms with Crippen molar-refractivity contribution in [2.45, 2.75) is 34.6 Å². The highest BCUT2D eigenvalue weighted by molar-refractivity contribution is 6.14. The molecule has 2 heterocycles. The van der Waals surface area contributed by atoms with E-state index in [9.17, 15) is 9.59 Å². The standard InChI is InChI=1S/C23H25N3O2/c1-15-16(2)26-14-13-18(19(27)12-11-17-9-7-6-8-10-17)20(21(26)24-15)25-22(28)23(3,4)5/h6-14H,1-5H3,(H,25,28)/b12-11+. The van der Waals surface area contributed by atoms with Crippen molar-refractivity contribution in [2.75, 3.05) is 5.32 Å². The van der Waals surface area contributed by atoms with E-state index in [-0.39, 0.29) is 11.7 Å². The molecule has 144 valence electrons. The number of ketones is 1. The van der Waals surface area contributed by atoms with Crippen LogP contribution in [0.5, 0.6) is 0 Å². The van der Waals surface area contributed by atoms with Crippen LogP contribution >= 0.6 is 0 Å². The van der Waals surface area contributed by atoms with E-state index in [0.29, 0.717) is 16.9 Å². The number of aryl methyl sites for hydroxylation is 2. The lowest BCUT2D eigenvalue weighted by Gasteiger charge is -2.19. The van der Waals surface area contributed by atoms with Crippen molar-refractivity contribution in [3.63, 3.8) is 0 Å². The minimum Gasteiger partial charge on any atom is -0.322 e. The molecule has 0 fully saturated rings. The molecular weight excluding hydrogens is 350 g/mol. The first-order valence-electron chi connectivity index (χ1n) is 9.25. The van der Waals surface area contributed by atoms with E-state index in [1.54, 1.807) is 12.1 Å². The summed E-state index contributed by atoms with van der Waals surface area (Å²) < 4.78 is 1.89. The van der Waals surface area contributed by atoms with Crippen LogP contribution in [0.25, 0.3) is 11.7 Å². The zero-order valence-electron chi connectivity index (χ0n) is 16.9. The number of nitrogens with zero attached hydrogens (tertiary/aromatic N) is 2. The van der Waals surface area contributed by atoms with Crippen LogP contribution < -0.4 is 5.32 Å². The van der Waals surface area contributed by atoms with Gasteiger partial charge in [0.2, 0.25) is 5.91 Å². The number of benzene rings is 1. The minimum absolute atomic E-state index is 0.167. The third-order valence-corrected chi connectivity index (χ3v) is 4.68. The van der Waals surface area contributed by atoms with Gasteiger partial charge in [-0.25, -0.2) is 4.98 Å². The largest absolute Gasteiger partial charge is 0.322 e. The molecule has 3 aromatic rings. The van der Waals surface area contributed by atoms with Crippen molar-refractivity contribution < 1.29 is 9.59 Å². The van der Waals surface area contributed by atoms with Crippen molar-refractivity contribution in [2.24, 2.45) is 5.41 Å². The molecule has 5 heteroatoms. The van der Waals surface area contributed by atoms with Crippen LogP contribution in [0.3, 0.4) is 0 Å². The van der Waals surface area contributed by atoms with E-state index in [1.807, 2.05) is 75.5 Å². The Labute approximate surface area is 165 Å². The molecule has 5 nitrogen and oxygen atoms in total. The molecule has 0 aliphatic heterocycles. The van der Waals surface area contributed by atoms with E-state index in [1.165, 1.54) is 6.08 Å². The Morgan fingerprint density at radius 2 is 1.75 bits per heavy atom. The van der Waals surface area contributed by atoms with Crippen LogP contribution in [0.2, 0.25) is 0 Å². The van der Waals surface area contributed by atoms with Gasteiger partial charge in [-0.1, -0.05) is 57.2 Å². The molecule has 0 atom stereocenters. The average Bonchev–Trinajstić information content (AvgIpc) is 2.95. The predicted octanol–water partition coefficient (Wildman–Crippen LogP) is 4.83. The molecule has 0 spiro atoms. The number of amides is 1. The topological polar surface area (TPSA) is 63.5 Å². The molecule has 0 radical (unpaired) electrons. The fourth-order valence-corrected chi connectivity index (χ4v) is 2.79. The number of rotatable bonds is 4. The zero-order chi connectivity index (χ0) is 20.5. The van der Waals surface area contributed by atoms with Gasteiger partial charge in [-0.15, -0.1) is 0 Å². The maximum absolute atomic E-state index is 12.9. The molecule has 3 rings (SSSR count). The number of allylic oxidation sites excluding steroid dienone is 1. The molecule has 0 unspecified atom stereocenters. The van der Waals surface area contributed by atoms with E-state index in [0.717, 1.165) is 17.0 Å². The van der Waals surface area contributed by atoms with Gasteiger partial charge < -0.3 is 9.72 Å². The summed E-state index contributed by atoms with van der Waals surface area (Å²) in [7, 11) is 0. The van der Waals surface area contributed by atoms with Crippen molar-refractivity contribution in [3.8, 4) is 0 Å². The first-order chi connectivity index (χ1) is 13.2. The van der Waals surface area contributed by atoms with Crippen LogP contribution in [0, 0.1) is 19.3 Å². The molecule has 0 aliphatic carbocycles. The number of nitrogens with one attached hydrogen (secondary N) is 1. The molecular formula is C23H25N3O2. The average molecular weight is 375 g/mol. The second-order valence-corrected chi connectivity index (χ2v) is 7.89. The number of fused-ring (bicyclic) bond motifs is 1. The highest BCUT2D eigenvalue weighted by atomic mass is 16.2. The number of anilines is 1. The van der Waals surface area contributed by atoms with Gasteiger partial charge in [-0.05, 0) is 31.6 Å². The molecule has 0 saturated carbocycles. The van der Waals surface area contributed by atoms with Gasteiger partial charge in [-0.3, -0.25) is 9.59 Å². The van der Waals surface area contributed by atoms with Crippen LogP contribution in [0.15, 0.2) is 48.7 Å². The second-order valence-electron chi connectivity index (χ2n) is 7.89. The van der Waals surface area contributed by atoms with Gasteiger partial charge in [0.15, 0.2) is 11.4 Å². The Hall–Kier alpha value is -3.21.